The Labute approximate surface area is 102 Å². The molecule has 0 bridgehead atoms. The molecule has 0 amide bonds. The number of hydroxylamine groups is 1. The summed E-state index contributed by atoms with van der Waals surface area (Å²) in [5, 5.41) is 4.32. The van der Waals surface area contributed by atoms with E-state index in [1.54, 1.807) is 7.05 Å². The zero-order valence-electron chi connectivity index (χ0n) is 10.8. The molecule has 1 aromatic heterocycles. The van der Waals surface area contributed by atoms with Crippen LogP contribution in [0.5, 0.6) is 5.75 Å². The minimum atomic E-state index is 0.783. The van der Waals surface area contributed by atoms with Crippen LogP contribution in [0.25, 0.3) is 5.69 Å². The lowest BCUT2D eigenvalue weighted by Gasteiger charge is -2.04. The number of hydrogen-bond acceptors (Lipinski definition) is 3. The number of nitrogens with zero attached hydrogens (tertiary/aromatic N) is 2. The van der Waals surface area contributed by atoms with Gasteiger partial charge in [0.1, 0.15) is 5.75 Å². The van der Waals surface area contributed by atoms with Gasteiger partial charge in [0, 0.05) is 13.2 Å². The molecule has 0 aliphatic rings. The molecule has 2 aromatic rings. The van der Waals surface area contributed by atoms with Crippen LogP contribution in [0.1, 0.15) is 19.5 Å². The van der Waals surface area contributed by atoms with E-state index in [0.717, 1.165) is 17.1 Å². The highest BCUT2D eigenvalue weighted by Gasteiger charge is 1.98. The minimum Gasteiger partial charge on any atom is -0.409 e. The first-order chi connectivity index (χ1) is 8.29. The van der Waals surface area contributed by atoms with Crippen LogP contribution in [0.2, 0.25) is 0 Å². The van der Waals surface area contributed by atoms with Crippen molar-refractivity contribution in [2.75, 3.05) is 7.05 Å². The number of rotatable bonds is 3. The minimum absolute atomic E-state index is 0.783. The number of aryl methyl sites for hydroxylation is 1. The molecule has 4 nitrogen and oxygen atoms in total. The van der Waals surface area contributed by atoms with Gasteiger partial charge in [-0.05, 0) is 37.3 Å². The molecule has 4 heteroatoms. The smallest absolute Gasteiger partial charge is 0.147 e. The normalized spacial score (nSPS) is 9.41. The summed E-state index contributed by atoms with van der Waals surface area (Å²) in [7, 11) is 1.73. The molecule has 17 heavy (non-hydrogen) atoms. The highest BCUT2D eigenvalue weighted by molar-refractivity contribution is 5.36. The summed E-state index contributed by atoms with van der Waals surface area (Å²) in [6, 6.07) is 9.67. The standard InChI is InChI=1S/C11H13N3O.C2H6/c1-9-7-8-14(13-9)10-3-5-11(6-4-10)15-12-2;1-2/h3-8,12H,1-2H3;1-2H3. The van der Waals surface area contributed by atoms with Crippen molar-refractivity contribution in [3.8, 4) is 11.4 Å². The van der Waals surface area contributed by atoms with Crippen molar-refractivity contribution in [3.05, 3.63) is 42.2 Å². The molecule has 0 atom stereocenters. The lowest BCUT2D eigenvalue weighted by molar-refractivity contribution is 0.224. The predicted octanol–water partition coefficient (Wildman–Crippen LogP) is 2.72. The van der Waals surface area contributed by atoms with Crippen LogP contribution in [0.4, 0.5) is 0 Å². The Bertz CT molecular complexity index is 434. The molecular weight excluding hydrogens is 214 g/mol. The molecule has 0 aliphatic heterocycles. The van der Waals surface area contributed by atoms with Crippen LogP contribution in [0.15, 0.2) is 36.5 Å². The number of benzene rings is 1. The number of nitrogens with one attached hydrogen (secondary N) is 1. The first-order valence-corrected chi connectivity index (χ1v) is 5.76. The molecule has 0 aliphatic carbocycles. The van der Waals surface area contributed by atoms with E-state index in [0.29, 0.717) is 0 Å². The maximum atomic E-state index is 5.12. The molecule has 0 unspecified atom stereocenters. The van der Waals surface area contributed by atoms with E-state index in [9.17, 15) is 0 Å². The van der Waals surface area contributed by atoms with Gasteiger partial charge in [0.15, 0.2) is 0 Å². The number of hydrogen-bond donors (Lipinski definition) is 1. The Hall–Kier alpha value is -1.81. The molecule has 1 N–H and O–H groups in total. The summed E-state index contributed by atoms with van der Waals surface area (Å²) in [5.74, 6) is 0.783. The van der Waals surface area contributed by atoms with Gasteiger partial charge < -0.3 is 4.84 Å². The van der Waals surface area contributed by atoms with Crippen molar-refractivity contribution in [2.24, 2.45) is 0 Å². The van der Waals surface area contributed by atoms with E-state index in [1.807, 2.05) is 62.0 Å². The van der Waals surface area contributed by atoms with E-state index < -0.39 is 0 Å². The zero-order valence-corrected chi connectivity index (χ0v) is 10.8. The van der Waals surface area contributed by atoms with Gasteiger partial charge in [-0.3, -0.25) is 0 Å². The Kier molecular flexibility index (Phi) is 5.23. The van der Waals surface area contributed by atoms with Crippen LogP contribution >= 0.6 is 0 Å². The summed E-state index contributed by atoms with van der Waals surface area (Å²) in [5.41, 5.74) is 4.65. The quantitative estimate of drug-likeness (QED) is 0.828. The Morgan fingerprint density at radius 2 is 1.76 bits per heavy atom. The van der Waals surface area contributed by atoms with Crippen molar-refractivity contribution < 1.29 is 4.84 Å². The molecule has 1 heterocycles. The fourth-order valence-electron chi connectivity index (χ4n) is 1.34. The summed E-state index contributed by atoms with van der Waals surface area (Å²) in [6.07, 6.45) is 1.93. The maximum absolute atomic E-state index is 5.12. The fraction of sp³-hybridized carbons (Fsp3) is 0.308. The van der Waals surface area contributed by atoms with Gasteiger partial charge in [0.05, 0.1) is 11.4 Å². The number of aromatic nitrogens is 2. The molecule has 1 aromatic carbocycles. The van der Waals surface area contributed by atoms with Gasteiger partial charge >= 0.3 is 0 Å². The first-order valence-electron chi connectivity index (χ1n) is 5.76. The van der Waals surface area contributed by atoms with Gasteiger partial charge in [0.2, 0.25) is 0 Å². The second-order valence-corrected chi connectivity index (χ2v) is 3.20. The Morgan fingerprint density at radius 1 is 1.12 bits per heavy atom. The fourth-order valence-corrected chi connectivity index (χ4v) is 1.34. The third kappa shape index (κ3) is 3.60. The lowest BCUT2D eigenvalue weighted by atomic mass is 10.3. The van der Waals surface area contributed by atoms with E-state index in [4.69, 9.17) is 4.84 Å². The predicted molar refractivity (Wildman–Crippen MR) is 69.3 cm³/mol. The monoisotopic (exact) mass is 233 g/mol. The molecule has 0 radical (unpaired) electrons. The van der Waals surface area contributed by atoms with Gasteiger partial charge in [-0.25, -0.2) is 4.68 Å². The van der Waals surface area contributed by atoms with Gasteiger partial charge in [-0.1, -0.05) is 13.8 Å². The molecule has 92 valence electrons. The largest absolute Gasteiger partial charge is 0.409 e. The van der Waals surface area contributed by atoms with Crippen molar-refractivity contribution >= 4 is 0 Å². The second-order valence-electron chi connectivity index (χ2n) is 3.20. The van der Waals surface area contributed by atoms with E-state index in [1.165, 1.54) is 0 Å². The summed E-state index contributed by atoms with van der Waals surface area (Å²) in [4.78, 5) is 5.12. The molecule has 0 saturated heterocycles. The summed E-state index contributed by atoms with van der Waals surface area (Å²) < 4.78 is 1.83. The maximum Gasteiger partial charge on any atom is 0.147 e. The second kappa shape index (κ2) is 6.70. The Balaban J connectivity index is 0.000000686. The van der Waals surface area contributed by atoms with Crippen molar-refractivity contribution in [2.45, 2.75) is 20.8 Å². The van der Waals surface area contributed by atoms with Crippen molar-refractivity contribution in [1.82, 2.24) is 15.3 Å². The van der Waals surface area contributed by atoms with E-state index in [-0.39, 0.29) is 0 Å². The molecule has 0 fully saturated rings. The third-order valence-electron chi connectivity index (χ3n) is 2.04. The van der Waals surface area contributed by atoms with Gasteiger partial charge in [-0.2, -0.15) is 10.6 Å². The molecule has 2 rings (SSSR count). The SMILES string of the molecule is CC.CNOc1ccc(-n2ccc(C)n2)cc1. The zero-order chi connectivity index (χ0) is 12.7. The highest BCUT2D eigenvalue weighted by Crippen LogP contribution is 2.14. The highest BCUT2D eigenvalue weighted by atomic mass is 16.6. The molecule has 0 spiro atoms. The van der Waals surface area contributed by atoms with E-state index >= 15 is 0 Å². The molecular formula is C13H19N3O. The average molecular weight is 233 g/mol. The first kappa shape index (κ1) is 13.3. The van der Waals surface area contributed by atoms with Crippen LogP contribution in [0, 0.1) is 6.92 Å². The van der Waals surface area contributed by atoms with Gasteiger partial charge in [0.25, 0.3) is 0 Å². The summed E-state index contributed by atoms with van der Waals surface area (Å²) in [6.45, 7) is 5.97. The van der Waals surface area contributed by atoms with Gasteiger partial charge in [-0.15, -0.1) is 0 Å². The van der Waals surface area contributed by atoms with Crippen LogP contribution in [-0.4, -0.2) is 16.8 Å². The van der Waals surface area contributed by atoms with Crippen LogP contribution in [-0.2, 0) is 0 Å². The van der Waals surface area contributed by atoms with E-state index in [2.05, 4.69) is 10.6 Å². The van der Waals surface area contributed by atoms with Crippen LogP contribution < -0.4 is 10.3 Å². The van der Waals surface area contributed by atoms with Crippen molar-refractivity contribution in [1.29, 1.82) is 0 Å². The third-order valence-corrected chi connectivity index (χ3v) is 2.04. The van der Waals surface area contributed by atoms with Crippen molar-refractivity contribution in [3.63, 3.8) is 0 Å². The lowest BCUT2D eigenvalue weighted by Crippen LogP contribution is -2.10. The Morgan fingerprint density at radius 3 is 2.24 bits per heavy atom. The molecule has 0 saturated carbocycles. The summed E-state index contributed by atoms with van der Waals surface area (Å²) >= 11 is 0. The topological polar surface area (TPSA) is 39.1 Å². The van der Waals surface area contributed by atoms with Crippen LogP contribution in [0.3, 0.4) is 0 Å². The average Bonchev–Trinajstić information content (AvgIpc) is 2.80.